The Morgan fingerprint density at radius 2 is 2.67 bits per heavy atom. The summed E-state index contributed by atoms with van der Waals surface area (Å²) in [4.78, 5) is 4.81. The summed E-state index contributed by atoms with van der Waals surface area (Å²) in [6.45, 7) is 2.98. The summed E-state index contributed by atoms with van der Waals surface area (Å²) < 4.78 is 0. The molecule has 0 radical (unpaired) electrons. The van der Waals surface area contributed by atoms with Crippen LogP contribution in [0.15, 0.2) is 0 Å². The molecule has 36 valence electrons. The minimum atomic E-state index is 0.574. The summed E-state index contributed by atoms with van der Waals surface area (Å²) in [6, 6.07) is 0.574. The lowest BCUT2D eigenvalue weighted by Gasteiger charge is -1.92. The summed E-state index contributed by atoms with van der Waals surface area (Å²) in [5.41, 5.74) is 2.82. The molecule has 0 spiro atoms. The molecule has 1 aliphatic rings. The van der Waals surface area contributed by atoms with Gasteiger partial charge in [0.1, 0.15) is 0 Å². The Hall–Kier alpha value is -0.0800. The van der Waals surface area contributed by atoms with Crippen LogP contribution in [0, 0.1) is 0 Å². The molecule has 0 aromatic carbocycles. The third kappa shape index (κ3) is 0.698. The van der Waals surface area contributed by atoms with Crippen LogP contribution in [0.3, 0.4) is 0 Å². The van der Waals surface area contributed by atoms with Crippen LogP contribution in [0.5, 0.6) is 0 Å². The minimum Gasteiger partial charge on any atom is -0.301 e. The van der Waals surface area contributed by atoms with Crippen LogP contribution in [-0.4, -0.2) is 12.6 Å². The highest BCUT2D eigenvalue weighted by atomic mass is 16.7. The molecule has 0 aliphatic carbocycles. The van der Waals surface area contributed by atoms with E-state index in [-0.39, 0.29) is 0 Å². The van der Waals surface area contributed by atoms with E-state index in [0.717, 1.165) is 13.0 Å². The first-order chi connectivity index (χ1) is 2.89. The molecule has 0 unspecified atom stereocenters. The SMILES string of the molecule is C[C@@H]1CCON1. The lowest BCUT2D eigenvalue weighted by molar-refractivity contribution is 0.0908. The van der Waals surface area contributed by atoms with Crippen molar-refractivity contribution in [2.24, 2.45) is 0 Å². The predicted octanol–water partition coefficient (Wildman–Crippen LogP) is 0.300. The van der Waals surface area contributed by atoms with Crippen molar-refractivity contribution in [2.45, 2.75) is 19.4 Å². The molecule has 1 rings (SSSR count). The van der Waals surface area contributed by atoms with Gasteiger partial charge in [0.05, 0.1) is 6.61 Å². The molecule has 1 fully saturated rings. The second-order valence-corrected chi connectivity index (χ2v) is 1.66. The van der Waals surface area contributed by atoms with E-state index in [2.05, 4.69) is 12.4 Å². The summed E-state index contributed by atoms with van der Waals surface area (Å²) >= 11 is 0. The van der Waals surface area contributed by atoms with Gasteiger partial charge < -0.3 is 4.84 Å². The van der Waals surface area contributed by atoms with Gasteiger partial charge >= 0.3 is 0 Å². The zero-order valence-electron chi connectivity index (χ0n) is 3.90. The third-order valence-electron chi connectivity index (χ3n) is 0.937. The van der Waals surface area contributed by atoms with E-state index in [1.54, 1.807) is 0 Å². The Labute approximate surface area is 37.4 Å². The number of hydroxylamine groups is 1. The highest BCUT2D eigenvalue weighted by Gasteiger charge is 2.06. The van der Waals surface area contributed by atoms with E-state index in [9.17, 15) is 0 Å². The van der Waals surface area contributed by atoms with Crippen LogP contribution in [-0.2, 0) is 4.84 Å². The quantitative estimate of drug-likeness (QED) is 0.459. The topological polar surface area (TPSA) is 21.3 Å². The van der Waals surface area contributed by atoms with Gasteiger partial charge in [-0.2, -0.15) is 5.48 Å². The lowest BCUT2D eigenvalue weighted by Crippen LogP contribution is -2.14. The molecule has 1 N–H and O–H groups in total. The Balaban J connectivity index is 2.18. The van der Waals surface area contributed by atoms with Gasteiger partial charge in [-0.15, -0.1) is 0 Å². The van der Waals surface area contributed by atoms with Crippen molar-refractivity contribution in [1.82, 2.24) is 5.48 Å². The average Bonchev–Trinajstić information content (AvgIpc) is 1.86. The highest BCUT2D eigenvalue weighted by Crippen LogP contribution is 1.96. The molecule has 0 bridgehead atoms. The Bertz CT molecular complexity index is 40.8. The van der Waals surface area contributed by atoms with Crippen molar-refractivity contribution in [3.05, 3.63) is 0 Å². The van der Waals surface area contributed by atoms with E-state index in [1.165, 1.54) is 0 Å². The van der Waals surface area contributed by atoms with Crippen LogP contribution in [0.2, 0.25) is 0 Å². The van der Waals surface area contributed by atoms with Crippen molar-refractivity contribution in [2.75, 3.05) is 6.61 Å². The van der Waals surface area contributed by atoms with Crippen LogP contribution < -0.4 is 5.48 Å². The van der Waals surface area contributed by atoms with E-state index in [4.69, 9.17) is 4.84 Å². The average molecular weight is 87.1 g/mol. The highest BCUT2D eigenvalue weighted by molar-refractivity contribution is 4.57. The van der Waals surface area contributed by atoms with Crippen molar-refractivity contribution >= 4 is 0 Å². The molecule has 1 aliphatic heterocycles. The van der Waals surface area contributed by atoms with Crippen molar-refractivity contribution < 1.29 is 4.84 Å². The maximum Gasteiger partial charge on any atom is 0.0697 e. The second kappa shape index (κ2) is 1.58. The van der Waals surface area contributed by atoms with Crippen molar-refractivity contribution in [1.29, 1.82) is 0 Å². The lowest BCUT2D eigenvalue weighted by atomic mass is 10.3. The van der Waals surface area contributed by atoms with Crippen LogP contribution >= 0.6 is 0 Å². The molecule has 0 amide bonds. The van der Waals surface area contributed by atoms with Crippen molar-refractivity contribution in [3.63, 3.8) is 0 Å². The van der Waals surface area contributed by atoms with Gasteiger partial charge in [-0.25, -0.2) is 0 Å². The van der Waals surface area contributed by atoms with Gasteiger partial charge in [-0.1, -0.05) is 0 Å². The first kappa shape index (κ1) is 4.09. The normalized spacial score (nSPS) is 34.5. The Kier molecular flexibility index (Phi) is 1.08. The molecule has 6 heavy (non-hydrogen) atoms. The van der Waals surface area contributed by atoms with Crippen LogP contribution in [0.25, 0.3) is 0 Å². The van der Waals surface area contributed by atoms with Gasteiger partial charge in [0.2, 0.25) is 0 Å². The zero-order valence-corrected chi connectivity index (χ0v) is 3.90. The molecule has 0 aromatic heterocycles. The monoisotopic (exact) mass is 87.1 g/mol. The number of hydrogen-bond acceptors (Lipinski definition) is 2. The van der Waals surface area contributed by atoms with E-state index in [0.29, 0.717) is 6.04 Å². The van der Waals surface area contributed by atoms with E-state index < -0.39 is 0 Å². The Morgan fingerprint density at radius 3 is 2.83 bits per heavy atom. The third-order valence-corrected chi connectivity index (χ3v) is 0.937. The molecule has 2 heteroatoms. The number of hydrogen-bond donors (Lipinski definition) is 1. The summed E-state index contributed by atoms with van der Waals surface area (Å²) in [7, 11) is 0. The Morgan fingerprint density at radius 1 is 1.83 bits per heavy atom. The van der Waals surface area contributed by atoms with Gasteiger partial charge in [0.25, 0.3) is 0 Å². The molecule has 0 aromatic rings. The molecule has 1 atom stereocenters. The predicted molar refractivity (Wildman–Crippen MR) is 23.2 cm³/mol. The molecule has 2 nitrogen and oxygen atoms in total. The van der Waals surface area contributed by atoms with Gasteiger partial charge in [-0.05, 0) is 13.3 Å². The van der Waals surface area contributed by atoms with Crippen LogP contribution in [0.4, 0.5) is 0 Å². The fraction of sp³-hybridized carbons (Fsp3) is 1.00. The zero-order chi connectivity index (χ0) is 4.41. The summed E-state index contributed by atoms with van der Waals surface area (Å²) in [6.07, 6.45) is 1.15. The van der Waals surface area contributed by atoms with Gasteiger partial charge in [0, 0.05) is 6.04 Å². The second-order valence-electron chi connectivity index (χ2n) is 1.66. The molecular formula is C4H9NO. The van der Waals surface area contributed by atoms with Gasteiger partial charge in [-0.3, -0.25) is 0 Å². The van der Waals surface area contributed by atoms with Crippen LogP contribution in [0.1, 0.15) is 13.3 Å². The van der Waals surface area contributed by atoms with Gasteiger partial charge in [0.15, 0.2) is 0 Å². The number of nitrogens with one attached hydrogen (secondary N) is 1. The fourth-order valence-electron chi connectivity index (χ4n) is 0.496. The molecule has 0 saturated carbocycles. The number of rotatable bonds is 0. The maximum atomic E-state index is 4.81. The molecule has 1 saturated heterocycles. The fourth-order valence-corrected chi connectivity index (χ4v) is 0.496. The first-order valence-corrected chi connectivity index (χ1v) is 2.27. The molecular weight excluding hydrogens is 78.0 g/mol. The standard InChI is InChI=1S/C4H9NO/c1-4-2-3-6-5-4/h4-5H,2-3H2,1H3/t4-/m1/s1. The smallest absolute Gasteiger partial charge is 0.0697 e. The molecule has 1 heterocycles. The minimum absolute atomic E-state index is 0.574. The summed E-state index contributed by atoms with van der Waals surface area (Å²) in [5.74, 6) is 0. The van der Waals surface area contributed by atoms with E-state index >= 15 is 0 Å². The largest absolute Gasteiger partial charge is 0.301 e. The van der Waals surface area contributed by atoms with Crippen molar-refractivity contribution in [3.8, 4) is 0 Å². The summed E-state index contributed by atoms with van der Waals surface area (Å²) in [5, 5.41) is 0. The van der Waals surface area contributed by atoms with E-state index in [1.807, 2.05) is 0 Å². The first-order valence-electron chi connectivity index (χ1n) is 2.27. The maximum absolute atomic E-state index is 4.81.